The van der Waals surface area contributed by atoms with E-state index in [1.54, 1.807) is 6.21 Å². The van der Waals surface area contributed by atoms with Crippen molar-refractivity contribution in [2.75, 3.05) is 0 Å². The molecule has 1 aliphatic carbocycles. The van der Waals surface area contributed by atoms with Crippen LogP contribution in [-0.2, 0) is 9.59 Å². The number of nitrogens with zero attached hydrogens (tertiary/aromatic N) is 1. The first-order chi connectivity index (χ1) is 6.70. The van der Waals surface area contributed by atoms with Crippen molar-refractivity contribution in [1.29, 1.82) is 0 Å². The Labute approximate surface area is 82.0 Å². The normalized spacial score (nSPS) is 21.0. The summed E-state index contributed by atoms with van der Waals surface area (Å²) >= 11 is 0. The average Bonchev–Trinajstić information content (AvgIpc) is 2.19. The zero-order chi connectivity index (χ0) is 10.4. The van der Waals surface area contributed by atoms with Gasteiger partial charge in [0.05, 0.1) is 0 Å². The molecule has 1 atom stereocenters. The largest absolute Gasteiger partial charge is 0.361 e. The van der Waals surface area contributed by atoms with Gasteiger partial charge in [-0.2, -0.15) is 5.10 Å². The lowest BCUT2D eigenvalue weighted by atomic mass is 9.96. The molecule has 0 aromatic heterocycles. The molecule has 5 heteroatoms. The van der Waals surface area contributed by atoms with Crippen LogP contribution in [0.25, 0.3) is 0 Å². The van der Waals surface area contributed by atoms with E-state index in [-0.39, 0.29) is 0 Å². The number of carbonyl (C=O) groups excluding carboxylic acids is 2. The van der Waals surface area contributed by atoms with E-state index >= 15 is 0 Å². The number of carbonyl (C=O) groups is 2. The highest BCUT2D eigenvalue weighted by molar-refractivity contribution is 6.34. The second-order valence-corrected chi connectivity index (χ2v) is 3.13. The van der Waals surface area contributed by atoms with Gasteiger partial charge < -0.3 is 5.73 Å². The Balaban J connectivity index is 2.29. The lowest BCUT2D eigenvalue weighted by Gasteiger charge is -2.11. The maximum Gasteiger partial charge on any atom is 0.329 e. The van der Waals surface area contributed by atoms with Crippen LogP contribution in [0.15, 0.2) is 17.3 Å². The molecule has 1 rings (SSSR count). The molecule has 0 saturated carbocycles. The van der Waals surface area contributed by atoms with Crippen molar-refractivity contribution in [3.63, 3.8) is 0 Å². The number of nitrogens with one attached hydrogen (secondary N) is 1. The quantitative estimate of drug-likeness (QED) is 0.280. The summed E-state index contributed by atoms with van der Waals surface area (Å²) in [5, 5.41) is 3.66. The Morgan fingerprint density at radius 1 is 1.50 bits per heavy atom. The van der Waals surface area contributed by atoms with Crippen molar-refractivity contribution in [3.8, 4) is 0 Å². The molecule has 76 valence electrons. The van der Waals surface area contributed by atoms with Crippen LogP contribution in [0.5, 0.6) is 0 Å². The van der Waals surface area contributed by atoms with E-state index in [1.807, 2.05) is 0 Å². The summed E-state index contributed by atoms with van der Waals surface area (Å²) in [7, 11) is 0. The predicted molar refractivity (Wildman–Crippen MR) is 52.3 cm³/mol. The maximum absolute atomic E-state index is 10.7. The first-order valence-corrected chi connectivity index (χ1v) is 4.48. The summed E-state index contributed by atoms with van der Waals surface area (Å²) in [5.74, 6) is -1.56. The number of primary amides is 1. The van der Waals surface area contributed by atoms with E-state index in [9.17, 15) is 9.59 Å². The molecule has 0 saturated heterocycles. The predicted octanol–water partition coefficient (Wildman–Crippen LogP) is -0.0700. The van der Waals surface area contributed by atoms with Crippen LogP contribution in [0.2, 0.25) is 0 Å². The molecule has 0 bridgehead atoms. The number of amides is 2. The van der Waals surface area contributed by atoms with Crippen LogP contribution in [0.1, 0.15) is 19.3 Å². The average molecular weight is 195 g/mol. The van der Waals surface area contributed by atoms with Gasteiger partial charge in [0.1, 0.15) is 0 Å². The molecule has 3 N–H and O–H groups in total. The summed E-state index contributed by atoms with van der Waals surface area (Å²) in [6, 6.07) is 0. The van der Waals surface area contributed by atoms with E-state index in [0.717, 1.165) is 19.3 Å². The lowest BCUT2D eigenvalue weighted by molar-refractivity contribution is -0.137. The Bertz CT molecular complexity index is 284. The van der Waals surface area contributed by atoms with E-state index in [1.165, 1.54) is 0 Å². The van der Waals surface area contributed by atoms with Crippen LogP contribution in [0.4, 0.5) is 0 Å². The molecule has 0 spiro atoms. The summed E-state index contributed by atoms with van der Waals surface area (Å²) < 4.78 is 0. The molecule has 0 heterocycles. The van der Waals surface area contributed by atoms with Gasteiger partial charge in [0.2, 0.25) is 0 Å². The summed E-state index contributed by atoms with van der Waals surface area (Å²) in [4.78, 5) is 21.0. The van der Waals surface area contributed by atoms with Gasteiger partial charge in [-0.25, -0.2) is 5.43 Å². The van der Waals surface area contributed by atoms with Gasteiger partial charge in [-0.3, -0.25) is 9.59 Å². The highest BCUT2D eigenvalue weighted by Crippen LogP contribution is 2.15. The minimum Gasteiger partial charge on any atom is -0.361 e. The number of allylic oxidation sites excluding steroid dienone is 2. The Kier molecular flexibility index (Phi) is 3.84. The van der Waals surface area contributed by atoms with Crippen LogP contribution >= 0.6 is 0 Å². The second-order valence-electron chi connectivity index (χ2n) is 3.13. The Morgan fingerprint density at radius 3 is 2.86 bits per heavy atom. The molecule has 14 heavy (non-hydrogen) atoms. The number of nitrogens with two attached hydrogens (primary N) is 1. The molecule has 0 radical (unpaired) electrons. The van der Waals surface area contributed by atoms with Gasteiger partial charge in [0, 0.05) is 6.21 Å². The zero-order valence-corrected chi connectivity index (χ0v) is 7.77. The minimum atomic E-state index is -1.02. The maximum atomic E-state index is 10.7. The van der Waals surface area contributed by atoms with Gasteiger partial charge in [-0.15, -0.1) is 0 Å². The van der Waals surface area contributed by atoms with Crippen LogP contribution in [0, 0.1) is 5.92 Å². The van der Waals surface area contributed by atoms with Crippen molar-refractivity contribution in [2.24, 2.45) is 16.8 Å². The van der Waals surface area contributed by atoms with Crippen LogP contribution in [0.3, 0.4) is 0 Å². The Hall–Kier alpha value is -1.65. The fourth-order valence-electron chi connectivity index (χ4n) is 1.21. The summed E-state index contributed by atoms with van der Waals surface area (Å²) in [6.07, 6.45) is 8.82. The molecule has 1 aliphatic rings. The first-order valence-electron chi connectivity index (χ1n) is 4.48. The van der Waals surface area contributed by atoms with E-state index in [0.29, 0.717) is 5.92 Å². The molecule has 1 unspecified atom stereocenters. The second kappa shape index (κ2) is 5.16. The first kappa shape index (κ1) is 10.4. The molecule has 0 aromatic rings. The molecule has 0 fully saturated rings. The van der Waals surface area contributed by atoms with Crippen molar-refractivity contribution in [2.45, 2.75) is 19.3 Å². The minimum absolute atomic E-state index is 0.341. The van der Waals surface area contributed by atoms with Crippen LogP contribution < -0.4 is 11.2 Å². The monoisotopic (exact) mass is 195 g/mol. The molecular formula is C9H13N3O2. The van der Waals surface area contributed by atoms with Gasteiger partial charge in [0.15, 0.2) is 0 Å². The molecule has 2 amide bonds. The van der Waals surface area contributed by atoms with Gasteiger partial charge in [-0.1, -0.05) is 12.2 Å². The highest BCUT2D eigenvalue weighted by Gasteiger charge is 2.08. The number of hydrogen-bond acceptors (Lipinski definition) is 3. The summed E-state index contributed by atoms with van der Waals surface area (Å²) in [5.41, 5.74) is 6.78. The van der Waals surface area contributed by atoms with Crippen molar-refractivity contribution >= 4 is 18.0 Å². The van der Waals surface area contributed by atoms with Crippen LogP contribution in [-0.4, -0.2) is 18.0 Å². The number of hydrazone groups is 1. The van der Waals surface area contributed by atoms with E-state index < -0.39 is 11.8 Å². The lowest BCUT2D eigenvalue weighted by Crippen LogP contribution is -2.33. The van der Waals surface area contributed by atoms with E-state index in [2.05, 4.69) is 22.7 Å². The molecule has 5 nitrogen and oxygen atoms in total. The molecule has 0 aliphatic heterocycles. The van der Waals surface area contributed by atoms with Crippen molar-refractivity contribution < 1.29 is 9.59 Å². The van der Waals surface area contributed by atoms with Gasteiger partial charge in [-0.05, 0) is 25.2 Å². The topological polar surface area (TPSA) is 84.5 Å². The zero-order valence-electron chi connectivity index (χ0n) is 7.77. The third kappa shape index (κ3) is 3.38. The smallest absolute Gasteiger partial charge is 0.329 e. The Morgan fingerprint density at radius 2 is 2.29 bits per heavy atom. The molecule has 0 aromatic carbocycles. The fraction of sp³-hybridized carbons (Fsp3) is 0.444. The SMILES string of the molecule is NC(=O)C(=O)N/N=C/C1CC=CCC1. The standard InChI is InChI=1S/C9H13N3O2/c10-8(13)9(14)12-11-6-7-4-2-1-3-5-7/h1-2,6-7H,3-5H2,(H2,10,13)(H,12,14)/b11-6+. The third-order valence-electron chi connectivity index (χ3n) is 1.98. The van der Waals surface area contributed by atoms with Crippen molar-refractivity contribution in [3.05, 3.63) is 12.2 Å². The van der Waals surface area contributed by atoms with E-state index in [4.69, 9.17) is 5.73 Å². The number of rotatable bonds is 2. The number of hydrogen-bond donors (Lipinski definition) is 2. The highest BCUT2D eigenvalue weighted by atomic mass is 16.2. The molecular weight excluding hydrogens is 182 g/mol. The van der Waals surface area contributed by atoms with Gasteiger partial charge >= 0.3 is 11.8 Å². The van der Waals surface area contributed by atoms with Crippen molar-refractivity contribution in [1.82, 2.24) is 5.43 Å². The fourth-order valence-corrected chi connectivity index (χ4v) is 1.21. The van der Waals surface area contributed by atoms with Gasteiger partial charge in [0.25, 0.3) is 0 Å². The third-order valence-corrected chi connectivity index (χ3v) is 1.98. The summed E-state index contributed by atoms with van der Waals surface area (Å²) in [6.45, 7) is 0.